The third-order valence-corrected chi connectivity index (χ3v) is 5.92. The molecule has 2 aromatic carbocycles. The Morgan fingerprint density at radius 3 is 1.33 bits per heavy atom. The first-order valence-corrected chi connectivity index (χ1v) is 10.3. The molecule has 148 valence electrons. The number of aromatic nitrogens is 3. The maximum atomic E-state index is 3.44. The number of benzene rings is 2. The number of hydrogen-bond donors (Lipinski definition) is 2. The number of hydrogen-bond acceptors (Lipinski definition) is 0. The van der Waals surface area contributed by atoms with Crippen molar-refractivity contribution < 1.29 is 0 Å². The van der Waals surface area contributed by atoms with E-state index in [1.54, 1.807) is 0 Å². The molecule has 2 unspecified atom stereocenters. The molecule has 0 radical (unpaired) electrons. The van der Waals surface area contributed by atoms with Gasteiger partial charge in [-0.25, -0.2) is 0 Å². The third-order valence-electron chi connectivity index (χ3n) is 5.92. The normalized spacial score (nSPS) is 13.2. The van der Waals surface area contributed by atoms with Gasteiger partial charge in [0.05, 0.1) is 11.8 Å². The molecule has 0 saturated heterocycles. The van der Waals surface area contributed by atoms with Gasteiger partial charge in [-0.15, -0.1) is 0 Å². The van der Waals surface area contributed by atoms with Crippen LogP contribution in [0.15, 0.2) is 109 Å². The molecule has 0 amide bonds. The van der Waals surface area contributed by atoms with Gasteiger partial charge >= 0.3 is 0 Å². The first kappa shape index (κ1) is 18.3. The first-order chi connectivity index (χ1) is 14.8. The minimum atomic E-state index is 0.153. The molecule has 0 saturated carbocycles. The van der Waals surface area contributed by atoms with Crippen molar-refractivity contribution in [3.8, 4) is 0 Å². The topological polar surface area (TPSA) is 36.5 Å². The monoisotopic (exact) mass is 391 g/mol. The molecule has 3 nitrogen and oxygen atoms in total. The van der Waals surface area contributed by atoms with Gasteiger partial charge in [0, 0.05) is 42.2 Å². The molecule has 0 spiro atoms. The maximum absolute atomic E-state index is 3.44. The summed E-state index contributed by atoms with van der Waals surface area (Å²) in [5, 5.41) is 0. The Kier molecular flexibility index (Phi) is 4.86. The Bertz CT molecular complexity index is 1090. The van der Waals surface area contributed by atoms with Gasteiger partial charge in [-0.3, -0.25) is 0 Å². The zero-order valence-electron chi connectivity index (χ0n) is 17.0. The highest BCUT2D eigenvalue weighted by Gasteiger charge is 2.26. The van der Waals surface area contributed by atoms with E-state index in [0.717, 1.165) is 0 Å². The van der Waals surface area contributed by atoms with Gasteiger partial charge < -0.3 is 14.5 Å². The van der Waals surface area contributed by atoms with Crippen molar-refractivity contribution in [3.05, 3.63) is 143 Å². The van der Waals surface area contributed by atoms with Gasteiger partial charge in [0.2, 0.25) is 0 Å². The second-order valence-corrected chi connectivity index (χ2v) is 7.68. The second kappa shape index (κ2) is 7.96. The van der Waals surface area contributed by atoms with Crippen molar-refractivity contribution in [2.45, 2.75) is 11.8 Å². The van der Waals surface area contributed by atoms with E-state index in [-0.39, 0.29) is 11.8 Å². The molecule has 30 heavy (non-hydrogen) atoms. The average Bonchev–Trinajstić information content (AvgIpc) is 3.56. The van der Waals surface area contributed by atoms with Crippen LogP contribution in [0.25, 0.3) is 0 Å². The van der Waals surface area contributed by atoms with E-state index in [4.69, 9.17) is 0 Å². The summed E-state index contributed by atoms with van der Waals surface area (Å²) in [4.78, 5) is 6.88. The van der Waals surface area contributed by atoms with Crippen LogP contribution in [-0.4, -0.2) is 14.5 Å². The van der Waals surface area contributed by atoms with Crippen molar-refractivity contribution in [3.63, 3.8) is 0 Å². The molecule has 3 aromatic heterocycles. The SMILES string of the molecule is Cn1c(C(c2ccccc2)c2ccc[nH]2)ccc1C(c1ccccc1)c1ccc[nH]1. The van der Waals surface area contributed by atoms with E-state index in [2.05, 4.69) is 119 Å². The van der Waals surface area contributed by atoms with Crippen LogP contribution in [-0.2, 0) is 7.05 Å². The Morgan fingerprint density at radius 2 is 0.967 bits per heavy atom. The minimum absolute atomic E-state index is 0.153. The van der Waals surface area contributed by atoms with E-state index in [9.17, 15) is 0 Å². The maximum Gasteiger partial charge on any atom is 0.0643 e. The molecular formula is C27H25N3. The fraction of sp³-hybridized carbons (Fsp3) is 0.111. The predicted octanol–water partition coefficient (Wildman–Crippen LogP) is 6.04. The molecule has 0 aliphatic rings. The summed E-state index contributed by atoms with van der Waals surface area (Å²) in [6.07, 6.45) is 4.00. The lowest BCUT2D eigenvalue weighted by Gasteiger charge is -2.22. The van der Waals surface area contributed by atoms with E-state index < -0.39 is 0 Å². The van der Waals surface area contributed by atoms with Crippen LogP contribution in [0.4, 0.5) is 0 Å². The molecule has 0 aliphatic carbocycles. The summed E-state index contributed by atoms with van der Waals surface area (Å²) < 4.78 is 2.36. The van der Waals surface area contributed by atoms with Gasteiger partial charge in [-0.05, 0) is 47.5 Å². The number of nitrogens with one attached hydrogen (secondary N) is 2. The molecule has 0 aliphatic heterocycles. The van der Waals surface area contributed by atoms with Crippen LogP contribution >= 0.6 is 0 Å². The molecule has 2 N–H and O–H groups in total. The zero-order valence-corrected chi connectivity index (χ0v) is 17.0. The van der Waals surface area contributed by atoms with Crippen molar-refractivity contribution in [2.75, 3.05) is 0 Å². The highest BCUT2D eigenvalue weighted by Crippen LogP contribution is 2.36. The lowest BCUT2D eigenvalue weighted by molar-refractivity contribution is 0.721. The first-order valence-electron chi connectivity index (χ1n) is 10.3. The Hall–Kier alpha value is -3.72. The van der Waals surface area contributed by atoms with Crippen LogP contribution in [0.2, 0.25) is 0 Å². The van der Waals surface area contributed by atoms with Gasteiger partial charge in [-0.2, -0.15) is 0 Å². The number of rotatable bonds is 6. The van der Waals surface area contributed by atoms with Gasteiger partial charge in [0.1, 0.15) is 0 Å². The second-order valence-electron chi connectivity index (χ2n) is 7.68. The summed E-state index contributed by atoms with van der Waals surface area (Å²) in [5.74, 6) is 0.306. The summed E-state index contributed by atoms with van der Waals surface area (Å²) in [6, 6.07) is 34.4. The zero-order chi connectivity index (χ0) is 20.3. The highest BCUT2D eigenvalue weighted by molar-refractivity contribution is 5.44. The summed E-state index contributed by atoms with van der Waals surface area (Å²) >= 11 is 0. The van der Waals surface area contributed by atoms with Gasteiger partial charge in [0.25, 0.3) is 0 Å². The number of H-pyrrole nitrogens is 2. The average molecular weight is 392 g/mol. The van der Waals surface area contributed by atoms with Crippen LogP contribution in [0.1, 0.15) is 45.7 Å². The molecule has 5 aromatic rings. The summed E-state index contributed by atoms with van der Waals surface area (Å²) in [6.45, 7) is 0. The molecular weight excluding hydrogens is 366 g/mol. The minimum Gasteiger partial charge on any atom is -0.364 e. The van der Waals surface area contributed by atoms with E-state index in [1.165, 1.54) is 33.9 Å². The van der Waals surface area contributed by atoms with Crippen LogP contribution in [0, 0.1) is 0 Å². The molecule has 2 atom stereocenters. The van der Waals surface area contributed by atoms with Gasteiger partial charge in [-0.1, -0.05) is 60.7 Å². The quantitative estimate of drug-likeness (QED) is 0.354. The lowest BCUT2D eigenvalue weighted by Crippen LogP contribution is -2.13. The fourth-order valence-electron chi connectivity index (χ4n) is 4.48. The Morgan fingerprint density at radius 1 is 0.533 bits per heavy atom. The van der Waals surface area contributed by atoms with E-state index in [1.807, 2.05) is 12.4 Å². The van der Waals surface area contributed by atoms with Crippen molar-refractivity contribution in [2.24, 2.45) is 7.05 Å². The number of aromatic amines is 2. The van der Waals surface area contributed by atoms with E-state index in [0.29, 0.717) is 0 Å². The molecule has 5 rings (SSSR count). The predicted molar refractivity (Wildman–Crippen MR) is 122 cm³/mol. The standard InChI is InChI=1S/C27H25N3/c1-30-24(26(22-14-8-18-28-22)20-10-4-2-5-11-20)16-17-25(30)27(23-15-9-19-29-23)21-12-6-3-7-13-21/h2-19,26-29H,1H3. The Balaban J connectivity index is 1.65. The summed E-state index contributed by atoms with van der Waals surface area (Å²) in [5.41, 5.74) is 7.50. The fourth-order valence-corrected chi connectivity index (χ4v) is 4.48. The van der Waals surface area contributed by atoms with Crippen molar-refractivity contribution >= 4 is 0 Å². The lowest BCUT2D eigenvalue weighted by atomic mass is 9.92. The molecule has 0 bridgehead atoms. The van der Waals surface area contributed by atoms with Crippen LogP contribution in [0.3, 0.4) is 0 Å². The van der Waals surface area contributed by atoms with Crippen LogP contribution < -0.4 is 0 Å². The van der Waals surface area contributed by atoms with Crippen LogP contribution in [0.5, 0.6) is 0 Å². The number of nitrogens with zero attached hydrogens (tertiary/aromatic N) is 1. The summed E-state index contributed by atoms with van der Waals surface area (Å²) in [7, 11) is 2.18. The molecule has 3 heteroatoms. The highest BCUT2D eigenvalue weighted by atomic mass is 15.0. The van der Waals surface area contributed by atoms with Gasteiger partial charge in [0.15, 0.2) is 0 Å². The largest absolute Gasteiger partial charge is 0.364 e. The van der Waals surface area contributed by atoms with Crippen molar-refractivity contribution in [1.82, 2.24) is 14.5 Å². The third kappa shape index (κ3) is 3.29. The smallest absolute Gasteiger partial charge is 0.0643 e. The van der Waals surface area contributed by atoms with E-state index >= 15 is 0 Å². The van der Waals surface area contributed by atoms with Crippen molar-refractivity contribution in [1.29, 1.82) is 0 Å². The Labute approximate surface area is 177 Å². The molecule has 0 fully saturated rings. The molecule has 3 heterocycles.